The van der Waals surface area contributed by atoms with Gasteiger partial charge in [0.1, 0.15) is 5.82 Å². The second-order valence-electron chi connectivity index (χ2n) is 6.02. The predicted octanol–water partition coefficient (Wildman–Crippen LogP) is 4.09. The normalized spacial score (nSPS) is 19.6. The van der Waals surface area contributed by atoms with E-state index < -0.39 is 0 Å². The molecule has 2 nitrogen and oxygen atoms in total. The lowest BCUT2D eigenvalue weighted by Crippen LogP contribution is -2.40. The van der Waals surface area contributed by atoms with Crippen LogP contribution in [-0.2, 0) is 6.54 Å². The average molecular weight is 278 g/mol. The van der Waals surface area contributed by atoms with Gasteiger partial charge in [0.2, 0.25) is 0 Å². The molecule has 0 saturated carbocycles. The molecule has 0 amide bonds. The molecule has 3 heteroatoms. The topological polar surface area (TPSA) is 15.3 Å². The average Bonchev–Trinajstić information content (AvgIpc) is 2.45. The van der Waals surface area contributed by atoms with Gasteiger partial charge in [0.25, 0.3) is 0 Å². The summed E-state index contributed by atoms with van der Waals surface area (Å²) in [7, 11) is 0. The van der Waals surface area contributed by atoms with Crippen molar-refractivity contribution in [1.82, 2.24) is 5.32 Å². The summed E-state index contributed by atoms with van der Waals surface area (Å²) in [6.45, 7) is 8.07. The van der Waals surface area contributed by atoms with Crippen molar-refractivity contribution in [3.63, 3.8) is 0 Å². The van der Waals surface area contributed by atoms with Crippen molar-refractivity contribution in [3.05, 3.63) is 29.6 Å². The van der Waals surface area contributed by atoms with E-state index in [-0.39, 0.29) is 5.82 Å². The van der Waals surface area contributed by atoms with Crippen molar-refractivity contribution >= 4 is 5.69 Å². The second kappa shape index (κ2) is 7.07. The summed E-state index contributed by atoms with van der Waals surface area (Å²) in [6.07, 6.45) is 4.87. The first-order chi connectivity index (χ1) is 9.63. The Morgan fingerprint density at radius 3 is 2.85 bits per heavy atom. The Kier molecular flexibility index (Phi) is 5.41. The van der Waals surface area contributed by atoms with Gasteiger partial charge in [0.05, 0.1) is 0 Å². The van der Waals surface area contributed by atoms with Crippen LogP contribution in [0.2, 0.25) is 0 Å². The molecule has 1 saturated heterocycles. The summed E-state index contributed by atoms with van der Waals surface area (Å²) in [5, 5.41) is 3.35. The van der Waals surface area contributed by atoms with Gasteiger partial charge in [-0.2, -0.15) is 0 Å². The number of benzene rings is 1. The van der Waals surface area contributed by atoms with Gasteiger partial charge in [-0.25, -0.2) is 4.39 Å². The van der Waals surface area contributed by atoms with Gasteiger partial charge < -0.3 is 10.2 Å². The molecule has 1 aromatic carbocycles. The van der Waals surface area contributed by atoms with E-state index in [2.05, 4.69) is 37.1 Å². The molecule has 1 aromatic rings. The quantitative estimate of drug-likeness (QED) is 0.872. The first-order valence-electron chi connectivity index (χ1n) is 7.91. The molecule has 20 heavy (non-hydrogen) atoms. The number of rotatable bonds is 5. The summed E-state index contributed by atoms with van der Waals surface area (Å²) >= 11 is 0. The standard InChI is InChI=1S/C17H27FN2/c1-4-14-8-5-6-11-20(14)17-10-7-9-16(18)15(17)12-19-13(2)3/h7,9-10,13-14,19H,4-6,8,11-12H2,1-3H3. The molecule has 1 N–H and O–H groups in total. The van der Waals surface area contributed by atoms with Crippen LogP contribution in [0.4, 0.5) is 10.1 Å². The third kappa shape index (κ3) is 3.51. The minimum atomic E-state index is -0.0870. The Hall–Kier alpha value is -1.09. The Balaban J connectivity index is 2.27. The van der Waals surface area contributed by atoms with Gasteiger partial charge in [-0.1, -0.05) is 26.8 Å². The van der Waals surface area contributed by atoms with Gasteiger partial charge in [0, 0.05) is 36.4 Å². The van der Waals surface area contributed by atoms with Gasteiger partial charge in [-0.3, -0.25) is 0 Å². The van der Waals surface area contributed by atoms with Crippen molar-refractivity contribution in [1.29, 1.82) is 0 Å². The molecule has 0 bridgehead atoms. The van der Waals surface area contributed by atoms with Crippen LogP contribution < -0.4 is 10.2 Å². The van der Waals surface area contributed by atoms with Crippen molar-refractivity contribution in [2.75, 3.05) is 11.4 Å². The summed E-state index contributed by atoms with van der Waals surface area (Å²) in [5.41, 5.74) is 1.91. The lowest BCUT2D eigenvalue weighted by atomic mass is 9.97. The molecule has 0 radical (unpaired) electrons. The highest BCUT2D eigenvalue weighted by Gasteiger charge is 2.24. The SMILES string of the molecule is CCC1CCCCN1c1cccc(F)c1CNC(C)C. The maximum absolute atomic E-state index is 14.2. The molecule has 1 aliphatic heterocycles. The van der Waals surface area contributed by atoms with Gasteiger partial charge in [-0.15, -0.1) is 0 Å². The highest BCUT2D eigenvalue weighted by atomic mass is 19.1. The second-order valence-corrected chi connectivity index (χ2v) is 6.02. The number of hydrogen-bond acceptors (Lipinski definition) is 2. The molecule has 112 valence electrons. The summed E-state index contributed by atoms with van der Waals surface area (Å²) < 4.78 is 14.2. The smallest absolute Gasteiger partial charge is 0.129 e. The molecular weight excluding hydrogens is 251 g/mol. The monoisotopic (exact) mass is 278 g/mol. The van der Waals surface area contributed by atoms with Gasteiger partial charge in [0.15, 0.2) is 0 Å². The molecule has 1 atom stereocenters. The number of anilines is 1. The van der Waals surface area contributed by atoms with E-state index in [0.29, 0.717) is 18.6 Å². The van der Waals surface area contributed by atoms with E-state index in [4.69, 9.17) is 0 Å². The molecule has 1 aliphatic rings. The van der Waals surface area contributed by atoms with Gasteiger partial charge in [-0.05, 0) is 37.8 Å². The van der Waals surface area contributed by atoms with E-state index in [0.717, 1.165) is 24.2 Å². The summed E-state index contributed by atoms with van der Waals surface area (Å²) in [5.74, 6) is -0.0870. The van der Waals surface area contributed by atoms with E-state index in [9.17, 15) is 4.39 Å². The van der Waals surface area contributed by atoms with Crippen LogP contribution in [0, 0.1) is 5.82 Å². The fourth-order valence-corrected chi connectivity index (χ4v) is 3.04. The number of nitrogens with zero attached hydrogens (tertiary/aromatic N) is 1. The first kappa shape index (κ1) is 15.3. The zero-order valence-corrected chi connectivity index (χ0v) is 13.0. The zero-order valence-electron chi connectivity index (χ0n) is 13.0. The Labute approximate surface area is 122 Å². The predicted molar refractivity (Wildman–Crippen MR) is 83.7 cm³/mol. The molecule has 2 rings (SSSR count). The van der Waals surface area contributed by atoms with Crippen molar-refractivity contribution in [2.45, 2.75) is 65.1 Å². The molecule has 1 fully saturated rings. The first-order valence-corrected chi connectivity index (χ1v) is 7.91. The Bertz CT molecular complexity index is 431. The number of nitrogens with one attached hydrogen (secondary N) is 1. The van der Waals surface area contributed by atoms with Crippen molar-refractivity contribution < 1.29 is 4.39 Å². The van der Waals surface area contributed by atoms with Crippen LogP contribution >= 0.6 is 0 Å². The van der Waals surface area contributed by atoms with E-state index in [1.165, 1.54) is 19.3 Å². The highest BCUT2D eigenvalue weighted by molar-refractivity contribution is 5.55. The highest BCUT2D eigenvalue weighted by Crippen LogP contribution is 2.30. The van der Waals surface area contributed by atoms with Crippen LogP contribution in [0.5, 0.6) is 0 Å². The zero-order chi connectivity index (χ0) is 14.5. The lowest BCUT2D eigenvalue weighted by Gasteiger charge is -2.38. The summed E-state index contributed by atoms with van der Waals surface area (Å²) in [4.78, 5) is 2.42. The van der Waals surface area contributed by atoms with E-state index in [1.54, 1.807) is 6.07 Å². The van der Waals surface area contributed by atoms with Crippen molar-refractivity contribution in [3.8, 4) is 0 Å². The van der Waals surface area contributed by atoms with Crippen LogP contribution in [0.15, 0.2) is 18.2 Å². The van der Waals surface area contributed by atoms with E-state index >= 15 is 0 Å². The summed E-state index contributed by atoms with van der Waals surface area (Å²) in [6, 6.07) is 6.42. The minimum absolute atomic E-state index is 0.0870. The third-order valence-electron chi connectivity index (χ3n) is 4.19. The Morgan fingerprint density at radius 2 is 2.15 bits per heavy atom. The fraction of sp³-hybridized carbons (Fsp3) is 0.647. The van der Waals surface area contributed by atoms with E-state index in [1.807, 2.05) is 6.07 Å². The largest absolute Gasteiger partial charge is 0.368 e. The molecule has 0 aromatic heterocycles. The number of piperidine rings is 1. The molecule has 1 heterocycles. The minimum Gasteiger partial charge on any atom is -0.368 e. The molecule has 1 unspecified atom stereocenters. The van der Waals surface area contributed by atoms with Crippen LogP contribution in [0.1, 0.15) is 52.0 Å². The maximum Gasteiger partial charge on any atom is 0.129 e. The maximum atomic E-state index is 14.2. The third-order valence-corrected chi connectivity index (χ3v) is 4.19. The Morgan fingerprint density at radius 1 is 1.35 bits per heavy atom. The van der Waals surface area contributed by atoms with Crippen molar-refractivity contribution in [2.24, 2.45) is 0 Å². The van der Waals surface area contributed by atoms with Crippen LogP contribution in [0.25, 0.3) is 0 Å². The molecular formula is C17H27FN2. The molecule has 0 aliphatic carbocycles. The number of hydrogen-bond donors (Lipinski definition) is 1. The van der Waals surface area contributed by atoms with Crippen LogP contribution in [-0.4, -0.2) is 18.6 Å². The molecule has 0 spiro atoms. The van der Waals surface area contributed by atoms with Crippen LogP contribution in [0.3, 0.4) is 0 Å². The fourth-order valence-electron chi connectivity index (χ4n) is 3.04. The lowest BCUT2D eigenvalue weighted by molar-refractivity contribution is 0.446. The number of halogens is 1. The van der Waals surface area contributed by atoms with Gasteiger partial charge >= 0.3 is 0 Å².